The molecule has 1 aliphatic rings. The molecule has 1 saturated heterocycles. The van der Waals surface area contributed by atoms with Crippen molar-refractivity contribution in [3.63, 3.8) is 0 Å². The summed E-state index contributed by atoms with van der Waals surface area (Å²) in [6.07, 6.45) is 0. The number of hydrogen-bond acceptors (Lipinski definition) is 6. The molecule has 2 amide bonds. The molecule has 8 heteroatoms. The van der Waals surface area contributed by atoms with Crippen molar-refractivity contribution in [3.8, 4) is 11.3 Å². The third kappa shape index (κ3) is 3.98. The van der Waals surface area contributed by atoms with Gasteiger partial charge in [0.15, 0.2) is 0 Å². The highest BCUT2D eigenvalue weighted by Crippen LogP contribution is 2.33. The van der Waals surface area contributed by atoms with Crippen molar-refractivity contribution in [2.75, 3.05) is 26.2 Å². The Bertz CT molecular complexity index is 1400. The molecule has 0 unspecified atom stereocenters. The number of aromatic nitrogens is 2. The number of pyridine rings is 1. The lowest BCUT2D eigenvalue weighted by Gasteiger charge is -2.35. The van der Waals surface area contributed by atoms with E-state index < -0.39 is 0 Å². The Labute approximate surface area is 202 Å². The molecule has 1 aromatic carbocycles. The SMILES string of the molecule is Cc1ccc(C(=O)N2CCN(C(=O)c3cc(-c4cc(C)sc4C)nc4onc(C)c34)CC2)cc1. The molecule has 0 radical (unpaired) electrons. The largest absolute Gasteiger partial charge is 0.335 e. The molecule has 0 N–H and O–H groups in total. The summed E-state index contributed by atoms with van der Waals surface area (Å²) < 4.78 is 5.46. The fourth-order valence-corrected chi connectivity index (χ4v) is 5.38. The predicted molar refractivity (Wildman–Crippen MR) is 132 cm³/mol. The molecule has 5 rings (SSSR count). The van der Waals surface area contributed by atoms with Crippen LogP contribution in [0.4, 0.5) is 0 Å². The van der Waals surface area contributed by atoms with Gasteiger partial charge in [0.2, 0.25) is 0 Å². The van der Waals surface area contributed by atoms with E-state index in [0.29, 0.717) is 59.8 Å². The lowest BCUT2D eigenvalue weighted by Crippen LogP contribution is -2.50. The number of hydrogen-bond donors (Lipinski definition) is 0. The zero-order valence-corrected chi connectivity index (χ0v) is 20.5. The average molecular weight is 475 g/mol. The van der Waals surface area contributed by atoms with Crippen molar-refractivity contribution in [2.24, 2.45) is 0 Å². The van der Waals surface area contributed by atoms with E-state index in [-0.39, 0.29) is 11.8 Å². The summed E-state index contributed by atoms with van der Waals surface area (Å²) in [5, 5.41) is 4.71. The van der Waals surface area contributed by atoms with Gasteiger partial charge >= 0.3 is 0 Å². The fourth-order valence-electron chi connectivity index (χ4n) is 4.45. The topological polar surface area (TPSA) is 79.5 Å². The first kappa shape index (κ1) is 22.3. The van der Waals surface area contributed by atoms with Crippen molar-refractivity contribution in [1.82, 2.24) is 19.9 Å². The van der Waals surface area contributed by atoms with Crippen LogP contribution in [0, 0.1) is 27.7 Å². The molecule has 4 aromatic rings. The third-order valence-corrected chi connectivity index (χ3v) is 7.28. The van der Waals surface area contributed by atoms with E-state index in [4.69, 9.17) is 4.52 Å². The maximum Gasteiger partial charge on any atom is 0.259 e. The Hall–Kier alpha value is -3.52. The van der Waals surface area contributed by atoms with Gasteiger partial charge in [-0.15, -0.1) is 11.3 Å². The van der Waals surface area contributed by atoms with Crippen LogP contribution in [0.3, 0.4) is 0 Å². The van der Waals surface area contributed by atoms with Gasteiger partial charge in [0.25, 0.3) is 17.5 Å². The van der Waals surface area contributed by atoms with E-state index in [0.717, 1.165) is 16.0 Å². The van der Waals surface area contributed by atoms with Crippen molar-refractivity contribution in [1.29, 1.82) is 0 Å². The molecule has 4 heterocycles. The van der Waals surface area contributed by atoms with Crippen LogP contribution in [0.1, 0.15) is 41.7 Å². The summed E-state index contributed by atoms with van der Waals surface area (Å²) in [5.74, 6) is -0.0918. The Morgan fingerprint density at radius 2 is 1.56 bits per heavy atom. The molecule has 3 aromatic heterocycles. The van der Waals surface area contributed by atoms with Gasteiger partial charge in [0, 0.05) is 47.1 Å². The van der Waals surface area contributed by atoms with Gasteiger partial charge in [0.1, 0.15) is 0 Å². The number of rotatable bonds is 3. The zero-order chi connectivity index (χ0) is 24.0. The minimum atomic E-state index is -0.0908. The molecule has 7 nitrogen and oxygen atoms in total. The van der Waals surface area contributed by atoms with Crippen LogP contribution in [0.15, 0.2) is 40.9 Å². The highest BCUT2D eigenvalue weighted by molar-refractivity contribution is 7.12. The molecule has 174 valence electrons. The number of nitrogens with zero attached hydrogens (tertiary/aromatic N) is 4. The van der Waals surface area contributed by atoms with E-state index in [1.54, 1.807) is 16.2 Å². The van der Waals surface area contributed by atoms with Crippen LogP contribution in [0.5, 0.6) is 0 Å². The van der Waals surface area contributed by atoms with Crippen LogP contribution in [0.25, 0.3) is 22.4 Å². The number of benzene rings is 1. The van der Waals surface area contributed by atoms with Crippen LogP contribution in [-0.2, 0) is 0 Å². The third-order valence-electron chi connectivity index (χ3n) is 6.32. The molecule has 0 bridgehead atoms. The molecule has 1 fully saturated rings. The normalized spacial score (nSPS) is 14.1. The number of amides is 2. The van der Waals surface area contributed by atoms with E-state index in [1.165, 1.54) is 4.88 Å². The minimum Gasteiger partial charge on any atom is -0.335 e. The summed E-state index contributed by atoms with van der Waals surface area (Å²) >= 11 is 1.70. The van der Waals surface area contributed by atoms with Crippen molar-refractivity contribution >= 4 is 34.3 Å². The molecule has 1 aliphatic heterocycles. The highest BCUT2D eigenvalue weighted by Gasteiger charge is 2.28. The molecule has 0 atom stereocenters. The van der Waals surface area contributed by atoms with Crippen molar-refractivity contribution < 1.29 is 14.1 Å². The van der Waals surface area contributed by atoms with Crippen molar-refractivity contribution in [2.45, 2.75) is 27.7 Å². The molecular weight excluding hydrogens is 448 g/mol. The van der Waals surface area contributed by atoms with E-state index in [9.17, 15) is 9.59 Å². The summed E-state index contributed by atoms with van der Waals surface area (Å²) in [7, 11) is 0. The number of fused-ring (bicyclic) bond motifs is 1. The number of carbonyl (C=O) groups is 2. The second kappa shape index (κ2) is 8.68. The number of piperazine rings is 1. The Kier molecular flexibility index (Phi) is 5.69. The van der Waals surface area contributed by atoms with E-state index >= 15 is 0 Å². The van der Waals surface area contributed by atoms with Gasteiger partial charge in [-0.05, 0) is 52.0 Å². The number of thiophene rings is 1. The zero-order valence-electron chi connectivity index (χ0n) is 19.7. The monoisotopic (exact) mass is 474 g/mol. The van der Waals surface area contributed by atoms with Crippen LogP contribution >= 0.6 is 11.3 Å². The summed E-state index contributed by atoms with van der Waals surface area (Å²) in [4.78, 5) is 37.1. The molecule has 0 aliphatic carbocycles. The minimum absolute atomic E-state index is 0.00105. The second-order valence-electron chi connectivity index (χ2n) is 8.78. The van der Waals surface area contributed by atoms with Gasteiger partial charge in [-0.3, -0.25) is 9.59 Å². The fraction of sp³-hybridized carbons (Fsp3) is 0.308. The first-order chi connectivity index (χ1) is 16.3. The van der Waals surface area contributed by atoms with Crippen LogP contribution < -0.4 is 0 Å². The van der Waals surface area contributed by atoms with Gasteiger partial charge in [-0.1, -0.05) is 22.9 Å². The maximum absolute atomic E-state index is 13.6. The standard InChI is InChI=1S/C26H26N4O3S/c1-15-5-7-19(8-6-15)25(31)29-9-11-30(12-10-29)26(32)21-14-22(20-13-16(2)34-18(20)4)27-24-23(21)17(3)28-33-24/h5-8,13-14H,9-12H2,1-4H3. The maximum atomic E-state index is 13.6. The molecule has 0 spiro atoms. The summed E-state index contributed by atoms with van der Waals surface area (Å²) in [6.45, 7) is 9.85. The quantitative estimate of drug-likeness (QED) is 0.427. The van der Waals surface area contributed by atoms with E-state index in [1.807, 2.05) is 49.1 Å². The van der Waals surface area contributed by atoms with E-state index in [2.05, 4.69) is 30.1 Å². The second-order valence-corrected chi connectivity index (χ2v) is 10.2. The van der Waals surface area contributed by atoms with Crippen LogP contribution in [-0.4, -0.2) is 57.9 Å². The average Bonchev–Trinajstić information content (AvgIpc) is 3.39. The van der Waals surface area contributed by atoms with Gasteiger partial charge in [0.05, 0.1) is 22.3 Å². The summed E-state index contributed by atoms with van der Waals surface area (Å²) in [5.41, 5.74) is 5.06. The lowest BCUT2D eigenvalue weighted by molar-refractivity contribution is 0.0536. The molecule has 34 heavy (non-hydrogen) atoms. The Morgan fingerprint density at radius 3 is 2.18 bits per heavy atom. The number of carbonyl (C=O) groups excluding carboxylic acids is 2. The Morgan fingerprint density at radius 1 is 0.912 bits per heavy atom. The van der Waals surface area contributed by atoms with Crippen LogP contribution in [0.2, 0.25) is 0 Å². The highest BCUT2D eigenvalue weighted by atomic mass is 32.1. The number of aryl methyl sites for hydroxylation is 4. The van der Waals surface area contributed by atoms with Gasteiger partial charge < -0.3 is 14.3 Å². The summed E-state index contributed by atoms with van der Waals surface area (Å²) in [6, 6.07) is 11.5. The molecule has 0 saturated carbocycles. The van der Waals surface area contributed by atoms with Gasteiger partial charge in [-0.25, -0.2) is 4.98 Å². The van der Waals surface area contributed by atoms with Crippen molar-refractivity contribution in [3.05, 3.63) is 68.5 Å². The molecular formula is C26H26N4O3S. The predicted octanol–water partition coefficient (Wildman–Crippen LogP) is 4.78. The first-order valence-corrected chi connectivity index (χ1v) is 12.1. The lowest BCUT2D eigenvalue weighted by atomic mass is 10.0. The Balaban J connectivity index is 1.40. The van der Waals surface area contributed by atoms with Gasteiger partial charge in [-0.2, -0.15) is 0 Å². The smallest absolute Gasteiger partial charge is 0.259 e. The first-order valence-electron chi connectivity index (χ1n) is 11.3.